The van der Waals surface area contributed by atoms with Crippen molar-refractivity contribution >= 4 is 41.4 Å². The number of aromatic nitrogens is 2. The second-order valence-electron chi connectivity index (χ2n) is 11.7. The molecule has 0 bridgehead atoms. The van der Waals surface area contributed by atoms with E-state index >= 15 is 0 Å². The van der Waals surface area contributed by atoms with Crippen molar-refractivity contribution in [2.45, 2.75) is 95.4 Å². The van der Waals surface area contributed by atoms with E-state index in [1.54, 1.807) is 36.5 Å². The summed E-state index contributed by atoms with van der Waals surface area (Å²) in [6.45, 7) is 3.18. The average molecular weight is 668 g/mol. The van der Waals surface area contributed by atoms with Gasteiger partial charge < -0.3 is 42.6 Å². The zero-order valence-electron chi connectivity index (χ0n) is 27.2. The summed E-state index contributed by atoms with van der Waals surface area (Å²) in [5.74, 6) is -4.54. The topological polar surface area (TPSA) is 246 Å². The van der Waals surface area contributed by atoms with Crippen LogP contribution in [0.1, 0.15) is 63.6 Å². The molecule has 1 aromatic carbocycles. The van der Waals surface area contributed by atoms with E-state index in [9.17, 15) is 33.6 Å². The van der Waals surface area contributed by atoms with Gasteiger partial charge >= 0.3 is 0 Å². The normalized spacial score (nSPS) is 21.9. The number of primary amides is 1. The molecule has 9 N–H and O–H groups in total. The van der Waals surface area contributed by atoms with Crippen molar-refractivity contribution < 1.29 is 33.6 Å². The summed E-state index contributed by atoms with van der Waals surface area (Å²) in [7, 11) is 0. The van der Waals surface area contributed by atoms with Gasteiger partial charge in [-0.15, -0.1) is 0 Å². The lowest BCUT2D eigenvalue weighted by molar-refractivity contribution is -0.135. The van der Waals surface area contributed by atoms with Crippen molar-refractivity contribution in [1.82, 2.24) is 41.9 Å². The lowest BCUT2D eigenvalue weighted by atomic mass is 10.0. The Hall–Kier alpha value is -5.28. The van der Waals surface area contributed by atoms with Crippen LogP contribution in [0.3, 0.4) is 0 Å². The molecule has 16 heteroatoms. The molecule has 1 aliphatic rings. The second kappa shape index (κ2) is 18.8. The number of rotatable bonds is 11. The molecule has 1 fully saturated rings. The molecule has 7 amide bonds. The van der Waals surface area contributed by atoms with Crippen LogP contribution < -0.4 is 37.6 Å². The number of unbranched alkanes of at least 4 members (excludes halogenated alkanes) is 1. The largest absolute Gasteiger partial charge is 0.368 e. The number of nitrogens with zero attached hydrogens (tertiary/aromatic N) is 1. The highest BCUT2D eigenvalue weighted by Gasteiger charge is 2.33. The molecule has 1 aromatic heterocycles. The van der Waals surface area contributed by atoms with Crippen LogP contribution in [-0.2, 0) is 46.4 Å². The molecule has 5 atom stereocenters. The van der Waals surface area contributed by atoms with Gasteiger partial charge in [0.15, 0.2) is 0 Å². The van der Waals surface area contributed by atoms with Gasteiger partial charge in [0.1, 0.15) is 30.2 Å². The van der Waals surface area contributed by atoms with E-state index in [1.165, 1.54) is 13.3 Å². The fourth-order valence-corrected chi connectivity index (χ4v) is 5.17. The Balaban J connectivity index is 1.96. The summed E-state index contributed by atoms with van der Waals surface area (Å²) in [5, 5.41) is 15.8. The van der Waals surface area contributed by atoms with Crippen LogP contribution in [0.15, 0.2) is 42.9 Å². The molecule has 3 rings (SSSR count). The Bertz CT molecular complexity index is 1420. The van der Waals surface area contributed by atoms with Gasteiger partial charge in [0.05, 0.1) is 12.0 Å². The first-order valence-corrected chi connectivity index (χ1v) is 16.0. The Morgan fingerprint density at radius 1 is 0.958 bits per heavy atom. The third-order valence-corrected chi connectivity index (χ3v) is 7.77. The van der Waals surface area contributed by atoms with Crippen molar-refractivity contribution in [3.8, 4) is 0 Å². The van der Waals surface area contributed by atoms with Gasteiger partial charge in [0.2, 0.25) is 41.4 Å². The van der Waals surface area contributed by atoms with E-state index in [0.29, 0.717) is 24.1 Å². The predicted octanol–water partition coefficient (Wildman–Crippen LogP) is -1.39. The maximum absolute atomic E-state index is 13.8. The molecular formula is C32H45N9O7. The minimum Gasteiger partial charge on any atom is -0.368 e. The molecule has 260 valence electrons. The number of hydrogen-bond donors (Lipinski definition) is 8. The first-order chi connectivity index (χ1) is 23.0. The van der Waals surface area contributed by atoms with Crippen molar-refractivity contribution in [2.24, 2.45) is 5.73 Å². The van der Waals surface area contributed by atoms with Gasteiger partial charge in [-0.25, -0.2) is 4.98 Å². The summed E-state index contributed by atoms with van der Waals surface area (Å²) in [6.07, 6.45) is 4.24. The second-order valence-corrected chi connectivity index (χ2v) is 11.7. The molecule has 1 aliphatic heterocycles. The Morgan fingerprint density at radius 3 is 2.29 bits per heavy atom. The summed E-state index contributed by atoms with van der Waals surface area (Å²) < 4.78 is 0. The Morgan fingerprint density at radius 2 is 1.65 bits per heavy atom. The molecular weight excluding hydrogens is 622 g/mol. The maximum Gasteiger partial charge on any atom is 0.243 e. The van der Waals surface area contributed by atoms with E-state index in [4.69, 9.17) is 5.73 Å². The number of H-pyrrole nitrogens is 1. The van der Waals surface area contributed by atoms with Crippen LogP contribution in [0.2, 0.25) is 0 Å². The van der Waals surface area contributed by atoms with Gasteiger partial charge in [0, 0.05) is 38.9 Å². The first kappa shape index (κ1) is 37.2. The van der Waals surface area contributed by atoms with Crippen LogP contribution in [0.4, 0.5) is 0 Å². The number of hydrogen-bond acceptors (Lipinski definition) is 8. The van der Waals surface area contributed by atoms with Gasteiger partial charge in [-0.3, -0.25) is 33.6 Å². The molecule has 2 heterocycles. The highest BCUT2D eigenvalue weighted by atomic mass is 16.2. The number of carbonyl (C=O) groups is 7. The molecule has 1 saturated heterocycles. The van der Waals surface area contributed by atoms with E-state index in [0.717, 1.165) is 6.42 Å². The number of nitrogens with two attached hydrogens (primary N) is 1. The zero-order chi connectivity index (χ0) is 35.1. The minimum atomic E-state index is -1.27. The fraction of sp³-hybridized carbons (Fsp3) is 0.500. The van der Waals surface area contributed by atoms with Crippen molar-refractivity contribution in [2.75, 3.05) is 6.54 Å². The number of benzene rings is 1. The highest BCUT2D eigenvalue weighted by Crippen LogP contribution is 2.09. The summed E-state index contributed by atoms with van der Waals surface area (Å²) in [5.41, 5.74) is 6.69. The predicted molar refractivity (Wildman–Crippen MR) is 173 cm³/mol. The molecule has 0 aliphatic carbocycles. The number of carbonyl (C=O) groups excluding carboxylic acids is 7. The number of imidazole rings is 1. The molecule has 0 spiro atoms. The Labute approximate surface area is 278 Å². The van der Waals surface area contributed by atoms with E-state index in [-0.39, 0.29) is 38.6 Å². The summed E-state index contributed by atoms with van der Waals surface area (Å²) >= 11 is 0. The van der Waals surface area contributed by atoms with Gasteiger partial charge in [-0.05, 0) is 24.8 Å². The van der Waals surface area contributed by atoms with Crippen LogP contribution >= 0.6 is 0 Å². The minimum absolute atomic E-state index is 0.0288. The zero-order valence-corrected chi connectivity index (χ0v) is 27.2. The van der Waals surface area contributed by atoms with Crippen LogP contribution in [-0.4, -0.2) is 88.1 Å². The van der Waals surface area contributed by atoms with E-state index in [1.807, 2.05) is 6.92 Å². The maximum atomic E-state index is 13.8. The first-order valence-electron chi connectivity index (χ1n) is 16.0. The van der Waals surface area contributed by atoms with E-state index < -0.39 is 71.6 Å². The van der Waals surface area contributed by atoms with Gasteiger partial charge in [-0.2, -0.15) is 0 Å². The quantitative estimate of drug-likeness (QED) is 0.141. The fourth-order valence-electron chi connectivity index (χ4n) is 5.17. The Kier molecular flexibility index (Phi) is 14.5. The van der Waals surface area contributed by atoms with Gasteiger partial charge in [0.25, 0.3) is 0 Å². The van der Waals surface area contributed by atoms with Crippen LogP contribution in [0.5, 0.6) is 0 Å². The lowest BCUT2D eigenvalue weighted by Gasteiger charge is -2.27. The molecule has 48 heavy (non-hydrogen) atoms. The smallest absolute Gasteiger partial charge is 0.243 e. The third-order valence-electron chi connectivity index (χ3n) is 7.77. The summed E-state index contributed by atoms with van der Waals surface area (Å²) in [4.78, 5) is 98.2. The average Bonchev–Trinajstić information content (AvgIpc) is 3.56. The molecule has 2 aromatic rings. The SMILES string of the molecule is CCCC[C@H](NC(C)=O)C(=O)NC1CCC(=O)NCCC(C(N)=O)NC(=O)C(Cc2ccccc2)NC(=O)[C@H](Cc2c[nH]cn2)NC1=O. The van der Waals surface area contributed by atoms with Crippen molar-refractivity contribution in [3.05, 3.63) is 54.1 Å². The van der Waals surface area contributed by atoms with Crippen molar-refractivity contribution in [3.63, 3.8) is 0 Å². The van der Waals surface area contributed by atoms with Crippen LogP contribution in [0.25, 0.3) is 0 Å². The summed E-state index contributed by atoms with van der Waals surface area (Å²) in [6, 6.07) is 3.07. The number of amides is 7. The monoisotopic (exact) mass is 667 g/mol. The van der Waals surface area contributed by atoms with Gasteiger partial charge in [-0.1, -0.05) is 50.1 Å². The van der Waals surface area contributed by atoms with Crippen molar-refractivity contribution in [1.29, 1.82) is 0 Å². The molecule has 0 saturated carbocycles. The number of aromatic amines is 1. The lowest BCUT2D eigenvalue weighted by Crippen LogP contribution is -2.60. The molecule has 3 unspecified atom stereocenters. The standard InChI is InChI=1S/C32H45N9O7/c1-3-4-10-23(37-19(2)42)29(45)39-24-11-12-27(43)35-14-13-22(28(33)44)38-31(47)25(15-20-8-6-5-7-9-20)40-32(48)26(41-30(24)46)16-21-17-34-18-36-21/h5-9,17-18,22-26H,3-4,10-16H2,1-2H3,(H2,33,44)(H,34,36)(H,35,43)(H,37,42)(H,38,47)(H,39,45)(H,40,48)(H,41,46)/t22?,23-,24?,25?,26-/m0/s1. The highest BCUT2D eigenvalue weighted by molar-refractivity contribution is 5.96. The van der Waals surface area contributed by atoms with Crippen LogP contribution in [0, 0.1) is 0 Å². The van der Waals surface area contributed by atoms with E-state index in [2.05, 4.69) is 41.9 Å². The molecule has 16 nitrogen and oxygen atoms in total. The molecule has 0 radical (unpaired) electrons. The number of nitrogens with one attached hydrogen (secondary N) is 7. The third kappa shape index (κ3) is 12.1.